The number of hydrogen-bond donors (Lipinski definition) is 1. The summed E-state index contributed by atoms with van der Waals surface area (Å²) in [5.74, 6) is -0.608. The number of nitrogens with one attached hydrogen (secondary N) is 1. The standard InChI is InChI=1S/C13H11FN2O/c1-9(17)10-5-11(14)7-13(6-10)16-12-3-2-4-15-8-12/h2-8,16H,1H3. The first kappa shape index (κ1) is 11.3. The molecule has 3 nitrogen and oxygen atoms in total. The van der Waals surface area contributed by atoms with Gasteiger partial charge in [0.1, 0.15) is 5.82 Å². The molecule has 0 saturated heterocycles. The predicted molar refractivity (Wildman–Crippen MR) is 63.9 cm³/mol. The number of halogens is 1. The van der Waals surface area contributed by atoms with Gasteiger partial charge in [0.05, 0.1) is 11.9 Å². The Morgan fingerprint density at radius 3 is 2.76 bits per heavy atom. The fraction of sp³-hybridized carbons (Fsp3) is 0.0769. The molecule has 2 rings (SSSR count). The summed E-state index contributed by atoms with van der Waals surface area (Å²) >= 11 is 0. The molecule has 2 aromatic rings. The van der Waals surface area contributed by atoms with Gasteiger partial charge in [0.2, 0.25) is 0 Å². The number of Topliss-reactive ketones (excluding diaryl/α,β-unsaturated/α-hetero) is 1. The van der Waals surface area contributed by atoms with Crippen LogP contribution in [0.3, 0.4) is 0 Å². The highest BCUT2D eigenvalue weighted by molar-refractivity contribution is 5.95. The number of hydrogen-bond acceptors (Lipinski definition) is 3. The molecule has 0 bridgehead atoms. The average Bonchev–Trinajstić information content (AvgIpc) is 2.29. The van der Waals surface area contributed by atoms with Crippen molar-refractivity contribution in [1.82, 2.24) is 4.98 Å². The molecule has 17 heavy (non-hydrogen) atoms. The fourth-order valence-corrected chi connectivity index (χ4v) is 1.47. The number of carbonyl (C=O) groups excluding carboxylic acids is 1. The van der Waals surface area contributed by atoms with Gasteiger partial charge in [-0.3, -0.25) is 9.78 Å². The third kappa shape index (κ3) is 2.87. The maximum Gasteiger partial charge on any atom is 0.159 e. The molecule has 0 atom stereocenters. The van der Waals surface area contributed by atoms with Crippen LogP contribution < -0.4 is 5.32 Å². The van der Waals surface area contributed by atoms with E-state index in [1.165, 1.54) is 19.1 Å². The normalized spacial score (nSPS) is 10.0. The molecule has 1 N–H and O–H groups in total. The number of rotatable bonds is 3. The van der Waals surface area contributed by atoms with Gasteiger partial charge in [-0.05, 0) is 37.3 Å². The van der Waals surface area contributed by atoms with Crippen LogP contribution in [0.25, 0.3) is 0 Å². The van der Waals surface area contributed by atoms with E-state index in [9.17, 15) is 9.18 Å². The summed E-state index contributed by atoms with van der Waals surface area (Å²) in [7, 11) is 0. The third-order valence-electron chi connectivity index (χ3n) is 2.25. The van der Waals surface area contributed by atoms with Gasteiger partial charge in [-0.25, -0.2) is 4.39 Å². The zero-order chi connectivity index (χ0) is 12.3. The first-order chi connectivity index (χ1) is 8.15. The molecule has 0 aliphatic heterocycles. The first-order valence-electron chi connectivity index (χ1n) is 5.14. The Morgan fingerprint density at radius 1 is 1.29 bits per heavy atom. The lowest BCUT2D eigenvalue weighted by atomic mass is 10.1. The molecule has 0 amide bonds. The van der Waals surface area contributed by atoms with Crippen molar-refractivity contribution in [3.05, 3.63) is 54.1 Å². The van der Waals surface area contributed by atoms with E-state index in [1.54, 1.807) is 24.5 Å². The van der Waals surface area contributed by atoms with E-state index >= 15 is 0 Å². The van der Waals surface area contributed by atoms with Crippen LogP contribution in [0.5, 0.6) is 0 Å². The molecule has 0 unspecified atom stereocenters. The zero-order valence-electron chi connectivity index (χ0n) is 9.27. The monoisotopic (exact) mass is 230 g/mol. The number of carbonyl (C=O) groups is 1. The van der Waals surface area contributed by atoms with Crippen molar-refractivity contribution in [2.24, 2.45) is 0 Å². The van der Waals surface area contributed by atoms with E-state index in [2.05, 4.69) is 10.3 Å². The number of anilines is 2. The van der Waals surface area contributed by atoms with Gasteiger partial charge in [-0.15, -0.1) is 0 Å². The summed E-state index contributed by atoms with van der Waals surface area (Å²) in [6, 6.07) is 7.74. The molecule has 0 aliphatic carbocycles. The summed E-state index contributed by atoms with van der Waals surface area (Å²) in [6.07, 6.45) is 3.27. The smallest absolute Gasteiger partial charge is 0.159 e. The minimum absolute atomic E-state index is 0.168. The minimum atomic E-state index is -0.441. The van der Waals surface area contributed by atoms with Gasteiger partial charge in [-0.1, -0.05) is 0 Å². The van der Waals surface area contributed by atoms with Gasteiger partial charge in [-0.2, -0.15) is 0 Å². The second-order valence-corrected chi connectivity index (χ2v) is 3.65. The second-order valence-electron chi connectivity index (χ2n) is 3.65. The van der Waals surface area contributed by atoms with E-state index < -0.39 is 5.82 Å². The number of nitrogens with zero attached hydrogens (tertiary/aromatic N) is 1. The first-order valence-corrected chi connectivity index (χ1v) is 5.14. The molecule has 0 radical (unpaired) electrons. The Bertz CT molecular complexity index is 540. The van der Waals surface area contributed by atoms with Crippen molar-refractivity contribution in [1.29, 1.82) is 0 Å². The molecular weight excluding hydrogens is 219 g/mol. The minimum Gasteiger partial charge on any atom is -0.354 e. The highest BCUT2D eigenvalue weighted by Crippen LogP contribution is 2.19. The van der Waals surface area contributed by atoms with Crippen LogP contribution in [0.2, 0.25) is 0 Å². The Hall–Kier alpha value is -2.23. The van der Waals surface area contributed by atoms with Crippen LogP contribution in [0.1, 0.15) is 17.3 Å². The number of benzene rings is 1. The average molecular weight is 230 g/mol. The predicted octanol–water partition coefficient (Wildman–Crippen LogP) is 3.17. The van der Waals surface area contributed by atoms with Crippen LogP contribution in [-0.2, 0) is 0 Å². The van der Waals surface area contributed by atoms with Crippen LogP contribution in [0.15, 0.2) is 42.7 Å². The Kier molecular flexibility index (Phi) is 3.14. The summed E-state index contributed by atoms with van der Waals surface area (Å²) in [4.78, 5) is 15.1. The van der Waals surface area contributed by atoms with Gasteiger partial charge in [0.15, 0.2) is 5.78 Å². The Balaban J connectivity index is 2.30. The largest absolute Gasteiger partial charge is 0.354 e. The topological polar surface area (TPSA) is 42.0 Å². The molecule has 0 fully saturated rings. The van der Waals surface area contributed by atoms with Crippen LogP contribution in [-0.4, -0.2) is 10.8 Å². The molecule has 0 spiro atoms. The molecule has 0 aliphatic rings. The van der Waals surface area contributed by atoms with Crippen molar-refractivity contribution < 1.29 is 9.18 Å². The van der Waals surface area contributed by atoms with Gasteiger partial charge in [0.25, 0.3) is 0 Å². The highest BCUT2D eigenvalue weighted by atomic mass is 19.1. The van der Waals surface area contributed by atoms with Crippen molar-refractivity contribution in [2.75, 3.05) is 5.32 Å². The lowest BCUT2D eigenvalue weighted by Crippen LogP contribution is -1.97. The number of ketones is 1. The molecule has 4 heteroatoms. The number of aromatic nitrogens is 1. The van der Waals surface area contributed by atoms with Crippen molar-refractivity contribution in [3.63, 3.8) is 0 Å². The van der Waals surface area contributed by atoms with E-state index in [0.29, 0.717) is 11.3 Å². The lowest BCUT2D eigenvalue weighted by molar-refractivity contribution is 0.101. The summed E-state index contributed by atoms with van der Waals surface area (Å²) in [6.45, 7) is 1.41. The molecule has 1 aromatic heterocycles. The molecule has 86 valence electrons. The van der Waals surface area contributed by atoms with Crippen LogP contribution in [0.4, 0.5) is 15.8 Å². The van der Waals surface area contributed by atoms with E-state index in [4.69, 9.17) is 0 Å². The fourth-order valence-electron chi connectivity index (χ4n) is 1.47. The molecule has 0 saturated carbocycles. The third-order valence-corrected chi connectivity index (χ3v) is 2.25. The molecule has 1 aromatic carbocycles. The molecule has 1 heterocycles. The highest BCUT2D eigenvalue weighted by Gasteiger charge is 2.04. The van der Waals surface area contributed by atoms with Gasteiger partial charge in [0, 0.05) is 17.4 Å². The molecular formula is C13H11FN2O. The van der Waals surface area contributed by atoms with E-state index in [-0.39, 0.29) is 5.78 Å². The summed E-state index contributed by atoms with van der Waals surface area (Å²) < 4.78 is 13.3. The Labute approximate surface area is 98.3 Å². The van der Waals surface area contributed by atoms with Gasteiger partial charge < -0.3 is 5.32 Å². The SMILES string of the molecule is CC(=O)c1cc(F)cc(Nc2cccnc2)c1. The lowest BCUT2D eigenvalue weighted by Gasteiger charge is -2.07. The van der Waals surface area contributed by atoms with Crippen molar-refractivity contribution in [2.45, 2.75) is 6.92 Å². The van der Waals surface area contributed by atoms with E-state index in [1.807, 2.05) is 6.07 Å². The van der Waals surface area contributed by atoms with Gasteiger partial charge >= 0.3 is 0 Å². The van der Waals surface area contributed by atoms with Crippen molar-refractivity contribution in [3.8, 4) is 0 Å². The summed E-state index contributed by atoms with van der Waals surface area (Å²) in [5.41, 5.74) is 1.62. The summed E-state index contributed by atoms with van der Waals surface area (Å²) in [5, 5.41) is 2.99. The number of pyridine rings is 1. The van der Waals surface area contributed by atoms with Crippen LogP contribution >= 0.6 is 0 Å². The van der Waals surface area contributed by atoms with E-state index in [0.717, 1.165) is 5.69 Å². The second kappa shape index (κ2) is 4.74. The maximum absolute atomic E-state index is 13.3. The van der Waals surface area contributed by atoms with Crippen molar-refractivity contribution >= 4 is 17.2 Å². The quantitative estimate of drug-likeness (QED) is 0.823. The maximum atomic E-state index is 13.3. The van der Waals surface area contributed by atoms with Crippen LogP contribution in [0, 0.1) is 5.82 Å². The zero-order valence-corrected chi connectivity index (χ0v) is 9.27. The Morgan fingerprint density at radius 2 is 2.12 bits per heavy atom.